The summed E-state index contributed by atoms with van der Waals surface area (Å²) >= 11 is 1.17. The summed E-state index contributed by atoms with van der Waals surface area (Å²) in [5.74, 6) is -0.0849. The smallest absolute Gasteiger partial charge is 0.319 e. The molecule has 0 saturated carbocycles. The zero-order chi connectivity index (χ0) is 15.3. The largest absolute Gasteiger partial charge is 0.337 e. The standard InChI is InChI=1S/C13H15N3O3S2/c1-21(18,19)8-7-14-13(17)15-12-9-11(16-20-12)10-5-3-2-4-6-10/h2-6,9H,7-8H2,1H3,(H2,14,15,17). The van der Waals surface area contributed by atoms with Crippen molar-refractivity contribution in [2.24, 2.45) is 0 Å². The second-order valence-electron chi connectivity index (χ2n) is 4.45. The van der Waals surface area contributed by atoms with Gasteiger partial charge in [-0.25, -0.2) is 13.2 Å². The second-order valence-corrected chi connectivity index (χ2v) is 7.52. The molecule has 0 aliphatic heterocycles. The van der Waals surface area contributed by atoms with Gasteiger partial charge in [-0.3, -0.25) is 5.32 Å². The topological polar surface area (TPSA) is 88.2 Å². The zero-order valence-electron chi connectivity index (χ0n) is 11.4. The van der Waals surface area contributed by atoms with Crippen LogP contribution in [0.1, 0.15) is 0 Å². The average Bonchev–Trinajstić information content (AvgIpc) is 2.86. The van der Waals surface area contributed by atoms with Crippen LogP contribution in [0.4, 0.5) is 9.80 Å². The first-order chi connectivity index (χ1) is 9.94. The molecular formula is C13H15N3O3S2. The molecule has 21 heavy (non-hydrogen) atoms. The number of rotatable bonds is 5. The molecule has 0 fully saturated rings. The predicted molar refractivity (Wildman–Crippen MR) is 84.3 cm³/mol. The molecule has 8 heteroatoms. The third kappa shape index (κ3) is 5.16. The van der Waals surface area contributed by atoms with Gasteiger partial charge >= 0.3 is 6.03 Å². The van der Waals surface area contributed by atoms with Crippen LogP contribution < -0.4 is 10.6 Å². The van der Waals surface area contributed by atoms with Crippen molar-refractivity contribution in [1.82, 2.24) is 9.69 Å². The molecule has 2 aromatic rings. The van der Waals surface area contributed by atoms with E-state index in [0.717, 1.165) is 17.5 Å². The first kappa shape index (κ1) is 15.5. The highest BCUT2D eigenvalue weighted by Crippen LogP contribution is 2.24. The van der Waals surface area contributed by atoms with Crippen molar-refractivity contribution in [2.45, 2.75) is 0 Å². The molecule has 0 bridgehead atoms. The molecule has 6 nitrogen and oxygen atoms in total. The first-order valence-electron chi connectivity index (χ1n) is 6.19. The Kier molecular flexibility index (Phi) is 4.92. The molecule has 112 valence electrons. The summed E-state index contributed by atoms with van der Waals surface area (Å²) in [6.07, 6.45) is 1.13. The number of sulfone groups is 1. The molecule has 0 atom stereocenters. The van der Waals surface area contributed by atoms with E-state index in [1.165, 1.54) is 11.5 Å². The molecule has 0 saturated heterocycles. The van der Waals surface area contributed by atoms with Gasteiger partial charge in [-0.1, -0.05) is 30.3 Å². The van der Waals surface area contributed by atoms with Crippen molar-refractivity contribution < 1.29 is 13.2 Å². The van der Waals surface area contributed by atoms with Crippen LogP contribution in [0, 0.1) is 0 Å². The lowest BCUT2D eigenvalue weighted by Crippen LogP contribution is -2.32. The van der Waals surface area contributed by atoms with E-state index in [9.17, 15) is 13.2 Å². The molecule has 0 radical (unpaired) electrons. The van der Waals surface area contributed by atoms with Gasteiger partial charge in [0.15, 0.2) is 0 Å². The number of carbonyl (C=O) groups excluding carboxylic acids is 1. The summed E-state index contributed by atoms with van der Waals surface area (Å²) < 4.78 is 26.2. The summed E-state index contributed by atoms with van der Waals surface area (Å²) in [6.45, 7) is 0.0784. The van der Waals surface area contributed by atoms with Crippen LogP contribution in [0.25, 0.3) is 11.3 Å². The van der Waals surface area contributed by atoms with Crippen LogP contribution in [-0.2, 0) is 9.84 Å². The van der Waals surface area contributed by atoms with Gasteiger partial charge in [0.1, 0.15) is 14.8 Å². The predicted octanol–water partition coefficient (Wildman–Crippen LogP) is 1.98. The highest BCUT2D eigenvalue weighted by Gasteiger charge is 2.08. The molecular weight excluding hydrogens is 310 g/mol. The number of anilines is 1. The van der Waals surface area contributed by atoms with Gasteiger partial charge in [0, 0.05) is 24.4 Å². The van der Waals surface area contributed by atoms with Gasteiger partial charge < -0.3 is 5.32 Å². The van der Waals surface area contributed by atoms with Gasteiger partial charge in [0.25, 0.3) is 0 Å². The van der Waals surface area contributed by atoms with Crippen LogP contribution in [0.3, 0.4) is 0 Å². The Labute approximate surface area is 127 Å². The third-order valence-corrected chi connectivity index (χ3v) is 4.23. The maximum Gasteiger partial charge on any atom is 0.319 e. The molecule has 1 aromatic heterocycles. The normalized spacial score (nSPS) is 11.1. The molecule has 1 aromatic carbocycles. The molecule has 0 aliphatic rings. The quantitative estimate of drug-likeness (QED) is 0.880. The third-order valence-electron chi connectivity index (χ3n) is 2.57. The second kappa shape index (κ2) is 6.68. The van der Waals surface area contributed by atoms with Gasteiger partial charge in [0.05, 0.1) is 11.4 Å². The van der Waals surface area contributed by atoms with Crippen molar-refractivity contribution in [1.29, 1.82) is 0 Å². The number of hydrogen-bond acceptors (Lipinski definition) is 5. The summed E-state index contributed by atoms with van der Waals surface area (Å²) in [6, 6.07) is 11.0. The molecule has 2 amide bonds. The van der Waals surface area contributed by atoms with Gasteiger partial charge in [0.2, 0.25) is 0 Å². The zero-order valence-corrected chi connectivity index (χ0v) is 13.0. The number of urea groups is 1. The average molecular weight is 325 g/mol. The fourth-order valence-electron chi connectivity index (χ4n) is 1.59. The van der Waals surface area contributed by atoms with Gasteiger partial charge in [-0.05, 0) is 11.5 Å². The van der Waals surface area contributed by atoms with Gasteiger partial charge in [-0.15, -0.1) is 0 Å². The van der Waals surface area contributed by atoms with E-state index in [2.05, 4.69) is 15.0 Å². The summed E-state index contributed by atoms with van der Waals surface area (Å²) in [4.78, 5) is 11.6. The summed E-state index contributed by atoms with van der Waals surface area (Å²) in [7, 11) is -3.08. The van der Waals surface area contributed by atoms with Crippen molar-refractivity contribution in [2.75, 3.05) is 23.9 Å². The van der Waals surface area contributed by atoms with E-state index in [-0.39, 0.29) is 12.3 Å². The Morgan fingerprint density at radius 1 is 1.29 bits per heavy atom. The Morgan fingerprint density at radius 3 is 2.67 bits per heavy atom. The Hall–Kier alpha value is -1.93. The Bertz CT molecular complexity index is 711. The highest BCUT2D eigenvalue weighted by atomic mass is 32.2. The first-order valence-corrected chi connectivity index (χ1v) is 9.02. The number of benzene rings is 1. The minimum absolute atomic E-state index is 0.0784. The maximum atomic E-state index is 11.6. The Balaban J connectivity index is 1.89. The van der Waals surface area contributed by atoms with Crippen molar-refractivity contribution in [3.8, 4) is 11.3 Å². The highest BCUT2D eigenvalue weighted by molar-refractivity contribution is 7.90. The number of hydrogen-bond donors (Lipinski definition) is 2. The molecule has 0 spiro atoms. The van der Waals surface area contributed by atoms with E-state index < -0.39 is 15.9 Å². The lowest BCUT2D eigenvalue weighted by Gasteiger charge is -2.04. The van der Waals surface area contributed by atoms with Gasteiger partial charge in [-0.2, -0.15) is 4.37 Å². The molecule has 0 unspecified atom stereocenters. The fraction of sp³-hybridized carbons (Fsp3) is 0.231. The number of nitrogens with zero attached hydrogens (tertiary/aromatic N) is 1. The van der Waals surface area contributed by atoms with E-state index >= 15 is 0 Å². The van der Waals surface area contributed by atoms with Crippen molar-refractivity contribution in [3.63, 3.8) is 0 Å². The monoisotopic (exact) mass is 325 g/mol. The number of aromatic nitrogens is 1. The van der Waals surface area contributed by atoms with E-state index in [0.29, 0.717) is 5.00 Å². The summed E-state index contributed by atoms with van der Waals surface area (Å²) in [5, 5.41) is 5.72. The Morgan fingerprint density at radius 2 is 2.00 bits per heavy atom. The van der Waals surface area contributed by atoms with Crippen molar-refractivity contribution in [3.05, 3.63) is 36.4 Å². The molecule has 1 heterocycles. The minimum Gasteiger partial charge on any atom is -0.337 e. The van der Waals surface area contributed by atoms with E-state index in [1.54, 1.807) is 6.07 Å². The fourth-order valence-corrected chi connectivity index (χ4v) is 2.72. The lowest BCUT2D eigenvalue weighted by molar-refractivity contribution is 0.252. The van der Waals surface area contributed by atoms with Crippen LogP contribution in [0.2, 0.25) is 0 Å². The van der Waals surface area contributed by atoms with Crippen LogP contribution in [0.5, 0.6) is 0 Å². The van der Waals surface area contributed by atoms with E-state index in [1.807, 2.05) is 30.3 Å². The van der Waals surface area contributed by atoms with Crippen LogP contribution in [-0.4, -0.2) is 37.4 Å². The number of amides is 2. The number of carbonyl (C=O) groups is 1. The molecule has 2 N–H and O–H groups in total. The SMILES string of the molecule is CS(=O)(=O)CCNC(=O)Nc1cc(-c2ccccc2)ns1. The maximum absolute atomic E-state index is 11.6. The number of nitrogens with one attached hydrogen (secondary N) is 2. The van der Waals surface area contributed by atoms with E-state index in [4.69, 9.17) is 0 Å². The van der Waals surface area contributed by atoms with Crippen LogP contribution >= 0.6 is 11.5 Å². The molecule has 2 rings (SSSR count). The summed E-state index contributed by atoms with van der Waals surface area (Å²) in [5.41, 5.74) is 1.76. The minimum atomic E-state index is -3.08. The van der Waals surface area contributed by atoms with Crippen molar-refractivity contribution >= 4 is 32.4 Å². The lowest BCUT2D eigenvalue weighted by atomic mass is 10.2. The van der Waals surface area contributed by atoms with Crippen LogP contribution in [0.15, 0.2) is 36.4 Å². The molecule has 0 aliphatic carbocycles.